The van der Waals surface area contributed by atoms with Crippen molar-refractivity contribution >= 4 is 45.4 Å². The second-order valence-corrected chi connectivity index (χ2v) is 11.3. The fourth-order valence-corrected chi connectivity index (χ4v) is 5.45. The molecule has 15 heteroatoms. The molecule has 13 nitrogen and oxygen atoms in total. The molecule has 2 amide bonds. The van der Waals surface area contributed by atoms with E-state index in [1.54, 1.807) is 0 Å². The number of likely N-dealkylation sites (tertiary alicyclic amines) is 1. The second kappa shape index (κ2) is 13.2. The van der Waals surface area contributed by atoms with Crippen molar-refractivity contribution < 1.29 is 37.8 Å². The Kier molecular flexibility index (Phi) is 10.2. The molecule has 0 saturated carbocycles. The molecule has 0 radical (unpaired) electrons. The molecule has 0 spiro atoms. The lowest BCUT2D eigenvalue weighted by molar-refractivity contribution is -0.149. The van der Waals surface area contributed by atoms with E-state index in [2.05, 4.69) is 16.2 Å². The third-order valence-electron chi connectivity index (χ3n) is 6.44. The molecule has 1 aliphatic heterocycles. The number of aliphatic carboxylic acids is 2. The number of halogens is 1. The summed E-state index contributed by atoms with van der Waals surface area (Å²) in [6.07, 6.45) is 0.631. The minimum Gasteiger partial charge on any atom is -0.480 e. The topological polar surface area (TPSA) is 208 Å². The number of rotatable bonds is 12. The molecule has 1 saturated heterocycles. The van der Waals surface area contributed by atoms with Crippen LogP contribution in [0.2, 0.25) is 5.02 Å². The molecule has 3 rings (SSSR count). The van der Waals surface area contributed by atoms with Crippen LogP contribution in [-0.4, -0.2) is 78.0 Å². The highest BCUT2D eigenvalue weighted by molar-refractivity contribution is 7.89. The van der Waals surface area contributed by atoms with Crippen molar-refractivity contribution in [3.05, 3.63) is 64.7 Å². The predicted molar refractivity (Wildman–Crippen MR) is 144 cm³/mol. The molecule has 1 aliphatic rings. The van der Waals surface area contributed by atoms with Crippen molar-refractivity contribution in [3.8, 4) is 0 Å². The van der Waals surface area contributed by atoms with Gasteiger partial charge in [0.25, 0.3) is 5.91 Å². The number of carbonyl (C=O) groups is 4. The first-order valence-electron chi connectivity index (χ1n) is 12.2. The lowest BCUT2D eigenvalue weighted by atomic mass is 10.0. The Morgan fingerprint density at radius 3 is 2.40 bits per heavy atom. The van der Waals surface area contributed by atoms with Gasteiger partial charge in [-0.2, -0.15) is 0 Å². The second-order valence-electron chi connectivity index (χ2n) is 9.37. The Labute approximate surface area is 235 Å². The summed E-state index contributed by atoms with van der Waals surface area (Å²) in [7, 11) is -4.18. The highest BCUT2D eigenvalue weighted by atomic mass is 35.5. The molecule has 216 valence electrons. The van der Waals surface area contributed by atoms with E-state index in [1.807, 2.05) is 30.3 Å². The summed E-state index contributed by atoms with van der Waals surface area (Å²) < 4.78 is 23.3. The molecular formula is C25H30ClN5O8S. The number of hydrogen-bond donors (Lipinski definition) is 6. The third kappa shape index (κ3) is 7.99. The molecule has 1 fully saturated rings. The predicted octanol–water partition coefficient (Wildman–Crippen LogP) is 0.340. The Morgan fingerprint density at radius 1 is 1.12 bits per heavy atom. The summed E-state index contributed by atoms with van der Waals surface area (Å²) in [5, 5.41) is 27.1. The Balaban J connectivity index is 1.62. The van der Waals surface area contributed by atoms with Gasteiger partial charge in [-0.15, -0.1) is 0 Å². The van der Waals surface area contributed by atoms with Crippen LogP contribution in [0.5, 0.6) is 0 Å². The summed E-state index contributed by atoms with van der Waals surface area (Å²) in [6, 6.07) is 8.82. The summed E-state index contributed by atoms with van der Waals surface area (Å²) in [6.45, 7) is 1.37. The van der Waals surface area contributed by atoms with Crippen LogP contribution in [-0.2, 0) is 30.8 Å². The summed E-state index contributed by atoms with van der Waals surface area (Å²) in [5.41, 5.74) is 5.91. The van der Waals surface area contributed by atoms with Crippen LogP contribution in [0.1, 0.15) is 35.7 Å². The van der Waals surface area contributed by atoms with Crippen LogP contribution in [0.15, 0.2) is 53.4 Å². The zero-order valence-electron chi connectivity index (χ0n) is 21.4. The Bertz CT molecular complexity index is 1370. The van der Waals surface area contributed by atoms with Crippen LogP contribution in [0.3, 0.4) is 0 Å². The lowest BCUT2D eigenvalue weighted by Crippen LogP contribution is -2.53. The number of nitrogens with zero attached hydrogens (tertiary/aromatic N) is 1. The first-order chi connectivity index (χ1) is 18.8. The van der Waals surface area contributed by atoms with E-state index in [1.165, 1.54) is 19.1 Å². The average molecular weight is 596 g/mol. The van der Waals surface area contributed by atoms with Gasteiger partial charge in [0.15, 0.2) is 0 Å². The van der Waals surface area contributed by atoms with Crippen LogP contribution >= 0.6 is 11.6 Å². The highest BCUT2D eigenvalue weighted by Crippen LogP contribution is 2.22. The molecule has 0 bridgehead atoms. The van der Waals surface area contributed by atoms with Crippen LogP contribution in [0.4, 0.5) is 0 Å². The van der Waals surface area contributed by atoms with E-state index in [4.69, 9.17) is 16.7 Å². The molecule has 4 atom stereocenters. The maximum absolute atomic E-state index is 13.2. The van der Waals surface area contributed by atoms with Crippen molar-refractivity contribution in [3.63, 3.8) is 0 Å². The Hall–Kier alpha value is -3.56. The van der Waals surface area contributed by atoms with Crippen molar-refractivity contribution in [1.82, 2.24) is 21.1 Å². The average Bonchev–Trinajstić information content (AvgIpc) is 3.33. The summed E-state index contributed by atoms with van der Waals surface area (Å²) in [4.78, 5) is 50.1. The van der Waals surface area contributed by atoms with Crippen LogP contribution < -0.4 is 21.3 Å². The summed E-state index contributed by atoms with van der Waals surface area (Å²) in [5.74, 6) is -3.74. The third-order valence-corrected chi connectivity index (χ3v) is 7.84. The number of hydrogen-bond acceptors (Lipinski definition) is 8. The molecule has 0 aliphatic carbocycles. The number of nitrogens with two attached hydrogens (primary N) is 1. The Morgan fingerprint density at radius 2 is 1.80 bits per heavy atom. The normalized spacial score (nSPS) is 18.6. The van der Waals surface area contributed by atoms with Gasteiger partial charge in [-0.05, 0) is 49.9 Å². The SMILES string of the molecule is C[C@H](N[C@@H](CCc1ccccc1)C(=O)O)C(=O)N1CC(NNC(=O)c2ccc(Cl)c(S(N)(=O)=O)c2)CC1C(=O)O. The number of hydrazine groups is 1. The highest BCUT2D eigenvalue weighted by Gasteiger charge is 2.41. The van der Waals surface area contributed by atoms with Gasteiger partial charge in [0.05, 0.1) is 11.1 Å². The number of aryl methyl sites for hydroxylation is 1. The van der Waals surface area contributed by atoms with Gasteiger partial charge in [-0.3, -0.25) is 25.1 Å². The van der Waals surface area contributed by atoms with Crippen molar-refractivity contribution in [2.75, 3.05) is 6.54 Å². The zero-order valence-corrected chi connectivity index (χ0v) is 23.0. The molecular weight excluding hydrogens is 566 g/mol. The van der Waals surface area contributed by atoms with Gasteiger partial charge < -0.3 is 15.1 Å². The van der Waals surface area contributed by atoms with Gasteiger partial charge in [-0.25, -0.2) is 23.8 Å². The number of primary sulfonamides is 1. The number of amides is 2. The van der Waals surface area contributed by atoms with E-state index in [0.29, 0.717) is 6.42 Å². The number of carbonyl (C=O) groups excluding carboxylic acids is 2. The fraction of sp³-hybridized carbons (Fsp3) is 0.360. The van der Waals surface area contributed by atoms with Crippen molar-refractivity contribution in [2.45, 2.75) is 55.2 Å². The van der Waals surface area contributed by atoms with Crippen molar-refractivity contribution in [1.29, 1.82) is 0 Å². The maximum atomic E-state index is 13.2. The first-order valence-corrected chi connectivity index (χ1v) is 14.1. The number of benzene rings is 2. The van der Waals surface area contributed by atoms with E-state index in [9.17, 15) is 37.8 Å². The van der Waals surface area contributed by atoms with Crippen molar-refractivity contribution in [2.24, 2.45) is 5.14 Å². The molecule has 2 aromatic carbocycles. The smallest absolute Gasteiger partial charge is 0.326 e. The lowest BCUT2D eigenvalue weighted by Gasteiger charge is -2.27. The number of nitrogens with one attached hydrogen (secondary N) is 3. The monoisotopic (exact) mass is 595 g/mol. The number of carboxylic acid groups (broad SMARTS) is 2. The quantitative estimate of drug-likeness (QED) is 0.185. The van der Waals surface area contributed by atoms with Gasteiger partial charge >= 0.3 is 11.9 Å². The maximum Gasteiger partial charge on any atom is 0.326 e. The fourth-order valence-electron chi connectivity index (χ4n) is 4.38. The van der Waals surface area contributed by atoms with Gasteiger partial charge in [0.1, 0.15) is 17.0 Å². The molecule has 7 N–H and O–H groups in total. The summed E-state index contributed by atoms with van der Waals surface area (Å²) >= 11 is 5.84. The minimum atomic E-state index is -4.18. The number of sulfonamides is 1. The minimum absolute atomic E-state index is 0.0481. The molecule has 40 heavy (non-hydrogen) atoms. The van der Waals surface area contributed by atoms with Gasteiger partial charge in [0, 0.05) is 18.2 Å². The zero-order chi connectivity index (χ0) is 29.6. The largest absolute Gasteiger partial charge is 0.480 e. The van der Waals surface area contributed by atoms with E-state index in [-0.39, 0.29) is 30.0 Å². The molecule has 0 aromatic heterocycles. The van der Waals surface area contributed by atoms with Gasteiger partial charge in [-0.1, -0.05) is 41.9 Å². The molecule has 2 aromatic rings. The first kappa shape index (κ1) is 31.0. The number of carboxylic acids is 2. The van der Waals surface area contributed by atoms with Crippen LogP contribution in [0.25, 0.3) is 0 Å². The van der Waals surface area contributed by atoms with Gasteiger partial charge in [0.2, 0.25) is 15.9 Å². The van der Waals surface area contributed by atoms with E-state index < -0.39 is 62.8 Å². The van der Waals surface area contributed by atoms with Crippen LogP contribution in [0, 0.1) is 0 Å². The standard InChI is InChI=1S/C25H30ClN5O8S/c1-14(28-19(24(34)35)10-7-15-5-3-2-4-6-15)23(33)31-13-17(12-20(31)25(36)37)29-30-22(32)16-8-9-18(26)21(11-16)40(27,38)39/h2-6,8-9,11,14,17,19-20,28-29H,7,10,12-13H2,1H3,(H,30,32)(H,34,35)(H,36,37)(H2,27,38,39)/t14-,17?,19-,20?/m0/s1. The molecule has 2 unspecified atom stereocenters. The molecule has 1 heterocycles. The van der Waals surface area contributed by atoms with E-state index >= 15 is 0 Å². The van der Waals surface area contributed by atoms with E-state index in [0.717, 1.165) is 16.5 Å².